The van der Waals surface area contributed by atoms with Crippen molar-refractivity contribution >= 4 is 17.6 Å². The molecule has 2 aromatic rings. The molecule has 1 amide bonds. The number of amides is 1. The molecule has 0 saturated carbocycles. The van der Waals surface area contributed by atoms with Gasteiger partial charge in [-0.2, -0.15) is 0 Å². The minimum atomic E-state index is -1.18. The van der Waals surface area contributed by atoms with Crippen molar-refractivity contribution < 1.29 is 23.8 Å². The van der Waals surface area contributed by atoms with Gasteiger partial charge in [-0.05, 0) is 18.2 Å². The van der Waals surface area contributed by atoms with Gasteiger partial charge in [0.15, 0.2) is 5.75 Å². The van der Waals surface area contributed by atoms with Gasteiger partial charge in [-0.15, -0.1) is 0 Å². The predicted octanol–water partition coefficient (Wildman–Crippen LogP) is 2.73. The molecule has 2 N–H and O–H groups in total. The number of furan rings is 1. The smallest absolute Gasteiger partial charge is 0.371 e. The molecular formula is C13H11NO5. The van der Waals surface area contributed by atoms with Gasteiger partial charge in [-0.3, -0.25) is 4.79 Å². The van der Waals surface area contributed by atoms with E-state index in [1.165, 1.54) is 19.1 Å². The Kier molecular flexibility index (Phi) is 3.51. The van der Waals surface area contributed by atoms with Crippen molar-refractivity contribution in [1.82, 2.24) is 0 Å². The topological polar surface area (TPSA) is 88.8 Å². The number of para-hydroxylation sites is 2. The van der Waals surface area contributed by atoms with Gasteiger partial charge in [-0.25, -0.2) is 4.79 Å². The van der Waals surface area contributed by atoms with Crippen LogP contribution in [-0.2, 0) is 4.79 Å². The molecule has 0 saturated heterocycles. The highest BCUT2D eigenvalue weighted by Gasteiger charge is 2.12. The van der Waals surface area contributed by atoms with E-state index in [0.29, 0.717) is 11.4 Å². The first kappa shape index (κ1) is 12.7. The fourth-order valence-electron chi connectivity index (χ4n) is 1.45. The molecule has 0 aliphatic rings. The summed E-state index contributed by atoms with van der Waals surface area (Å²) in [5, 5.41) is 11.3. The minimum Gasteiger partial charge on any atom is -0.475 e. The molecule has 0 atom stereocenters. The number of carbonyl (C=O) groups is 2. The highest BCUT2D eigenvalue weighted by atomic mass is 16.6. The van der Waals surface area contributed by atoms with Crippen LogP contribution >= 0.6 is 0 Å². The molecular weight excluding hydrogens is 250 g/mol. The van der Waals surface area contributed by atoms with Gasteiger partial charge in [-0.1, -0.05) is 12.1 Å². The van der Waals surface area contributed by atoms with E-state index in [9.17, 15) is 9.59 Å². The number of ether oxygens (including phenoxy) is 1. The highest BCUT2D eigenvalue weighted by molar-refractivity contribution is 5.90. The minimum absolute atomic E-state index is 0.0372. The van der Waals surface area contributed by atoms with E-state index < -0.39 is 5.97 Å². The normalized spacial score (nSPS) is 9.95. The van der Waals surface area contributed by atoms with Crippen LogP contribution in [0.25, 0.3) is 0 Å². The van der Waals surface area contributed by atoms with E-state index >= 15 is 0 Å². The Morgan fingerprint density at radius 2 is 1.95 bits per heavy atom. The largest absolute Gasteiger partial charge is 0.475 e. The molecule has 2 rings (SSSR count). The maximum Gasteiger partial charge on any atom is 0.371 e. The number of anilines is 1. The fraction of sp³-hybridized carbons (Fsp3) is 0.0769. The average molecular weight is 261 g/mol. The lowest BCUT2D eigenvalue weighted by Crippen LogP contribution is -2.06. The molecule has 6 heteroatoms. The van der Waals surface area contributed by atoms with E-state index in [1.54, 1.807) is 24.3 Å². The van der Waals surface area contributed by atoms with Crippen LogP contribution in [0.4, 0.5) is 5.69 Å². The summed E-state index contributed by atoms with van der Waals surface area (Å²) in [6.07, 6.45) is 0. The fourth-order valence-corrected chi connectivity index (χ4v) is 1.45. The molecule has 1 heterocycles. The molecule has 0 radical (unpaired) electrons. The Morgan fingerprint density at radius 1 is 1.21 bits per heavy atom. The monoisotopic (exact) mass is 261 g/mol. The maximum atomic E-state index is 11.0. The number of hydrogen-bond acceptors (Lipinski definition) is 4. The number of rotatable bonds is 4. The Labute approximate surface area is 108 Å². The molecule has 0 aliphatic heterocycles. The number of carboxylic acid groups (broad SMARTS) is 1. The lowest BCUT2D eigenvalue weighted by molar-refractivity contribution is -0.114. The molecule has 0 unspecified atom stereocenters. The van der Waals surface area contributed by atoms with Crippen molar-refractivity contribution in [1.29, 1.82) is 0 Å². The Balaban J connectivity index is 2.22. The van der Waals surface area contributed by atoms with Crippen molar-refractivity contribution in [3.05, 3.63) is 42.2 Å². The molecule has 0 aliphatic carbocycles. The first-order valence-corrected chi connectivity index (χ1v) is 5.44. The second kappa shape index (κ2) is 5.26. The van der Waals surface area contributed by atoms with Crippen LogP contribution in [0.3, 0.4) is 0 Å². The third-order valence-electron chi connectivity index (χ3n) is 2.20. The SMILES string of the molecule is CC(=O)Nc1ccccc1Oc1ccc(C(=O)O)o1. The standard InChI is InChI=1S/C13H11NO5/c1-8(15)14-9-4-2-3-5-10(9)18-12-7-6-11(19-12)13(16)17/h2-7H,1H3,(H,14,15)(H,16,17). The van der Waals surface area contributed by atoms with Crippen LogP contribution < -0.4 is 10.1 Å². The second-order valence-electron chi connectivity index (χ2n) is 3.70. The summed E-state index contributed by atoms with van der Waals surface area (Å²) in [7, 11) is 0. The van der Waals surface area contributed by atoms with E-state index in [0.717, 1.165) is 0 Å². The molecule has 98 valence electrons. The van der Waals surface area contributed by atoms with Crippen LogP contribution in [0.2, 0.25) is 0 Å². The van der Waals surface area contributed by atoms with Gasteiger partial charge >= 0.3 is 5.97 Å². The third-order valence-corrected chi connectivity index (χ3v) is 2.20. The van der Waals surface area contributed by atoms with Gasteiger partial charge in [0.1, 0.15) is 0 Å². The summed E-state index contributed by atoms with van der Waals surface area (Å²) >= 11 is 0. The highest BCUT2D eigenvalue weighted by Crippen LogP contribution is 2.30. The molecule has 19 heavy (non-hydrogen) atoms. The van der Waals surface area contributed by atoms with Gasteiger partial charge in [0, 0.05) is 13.0 Å². The maximum absolute atomic E-state index is 11.0. The Bertz CT molecular complexity index is 617. The Hall–Kier alpha value is -2.76. The van der Waals surface area contributed by atoms with Crippen LogP contribution in [-0.4, -0.2) is 17.0 Å². The summed E-state index contributed by atoms with van der Waals surface area (Å²) in [5.74, 6) is -1.22. The van der Waals surface area contributed by atoms with Gasteiger partial charge < -0.3 is 19.6 Å². The second-order valence-corrected chi connectivity index (χ2v) is 3.70. The van der Waals surface area contributed by atoms with E-state index in [2.05, 4.69) is 5.32 Å². The number of aromatic carboxylic acids is 1. The number of carboxylic acids is 1. The predicted molar refractivity (Wildman–Crippen MR) is 66.5 cm³/mol. The van der Waals surface area contributed by atoms with E-state index in [-0.39, 0.29) is 17.6 Å². The van der Waals surface area contributed by atoms with Crippen molar-refractivity contribution in [2.75, 3.05) is 5.32 Å². The zero-order chi connectivity index (χ0) is 13.8. The summed E-state index contributed by atoms with van der Waals surface area (Å²) < 4.78 is 10.4. The molecule has 0 spiro atoms. The number of hydrogen-bond donors (Lipinski definition) is 2. The molecule has 0 bridgehead atoms. The summed E-state index contributed by atoms with van der Waals surface area (Å²) in [6, 6.07) is 9.45. The average Bonchev–Trinajstić information content (AvgIpc) is 2.80. The number of nitrogens with one attached hydrogen (secondary N) is 1. The molecule has 1 aromatic carbocycles. The van der Waals surface area contributed by atoms with Gasteiger partial charge in [0.25, 0.3) is 5.95 Å². The molecule has 1 aromatic heterocycles. The zero-order valence-electron chi connectivity index (χ0n) is 10.0. The number of benzene rings is 1. The van der Waals surface area contributed by atoms with Gasteiger partial charge in [0.05, 0.1) is 5.69 Å². The van der Waals surface area contributed by atoms with Crippen molar-refractivity contribution in [2.24, 2.45) is 0 Å². The van der Waals surface area contributed by atoms with E-state index in [1.807, 2.05) is 0 Å². The van der Waals surface area contributed by atoms with Crippen LogP contribution in [0.15, 0.2) is 40.8 Å². The summed E-state index contributed by atoms with van der Waals surface area (Å²) in [4.78, 5) is 21.7. The summed E-state index contributed by atoms with van der Waals surface area (Å²) in [6.45, 7) is 1.38. The lowest BCUT2D eigenvalue weighted by atomic mass is 10.3. The first-order chi connectivity index (χ1) is 9.06. The van der Waals surface area contributed by atoms with Crippen molar-refractivity contribution in [3.63, 3.8) is 0 Å². The van der Waals surface area contributed by atoms with Crippen LogP contribution in [0.5, 0.6) is 11.7 Å². The first-order valence-electron chi connectivity index (χ1n) is 5.44. The van der Waals surface area contributed by atoms with Crippen LogP contribution in [0, 0.1) is 0 Å². The molecule has 0 fully saturated rings. The van der Waals surface area contributed by atoms with Crippen molar-refractivity contribution in [2.45, 2.75) is 6.92 Å². The third kappa shape index (κ3) is 3.12. The van der Waals surface area contributed by atoms with E-state index in [4.69, 9.17) is 14.3 Å². The summed E-state index contributed by atoms with van der Waals surface area (Å²) in [5.41, 5.74) is 0.475. The van der Waals surface area contributed by atoms with Crippen LogP contribution in [0.1, 0.15) is 17.5 Å². The van der Waals surface area contributed by atoms with Crippen molar-refractivity contribution in [3.8, 4) is 11.7 Å². The quantitative estimate of drug-likeness (QED) is 0.883. The Morgan fingerprint density at radius 3 is 2.58 bits per heavy atom. The zero-order valence-corrected chi connectivity index (χ0v) is 10.0. The number of carbonyl (C=O) groups excluding carboxylic acids is 1. The van der Waals surface area contributed by atoms with Gasteiger partial charge in [0.2, 0.25) is 11.7 Å². The lowest BCUT2D eigenvalue weighted by Gasteiger charge is -2.08. The molecule has 6 nitrogen and oxygen atoms in total.